The smallest absolute Gasteiger partial charge is 0.266 e. The van der Waals surface area contributed by atoms with Crippen LogP contribution < -0.4 is 10.9 Å². The summed E-state index contributed by atoms with van der Waals surface area (Å²) in [4.78, 5) is 31.1. The number of hydrogen-bond donors (Lipinski definition) is 1. The predicted molar refractivity (Wildman–Crippen MR) is 89.1 cm³/mol. The first-order valence-electron chi connectivity index (χ1n) is 7.54. The van der Waals surface area contributed by atoms with Gasteiger partial charge in [0.05, 0.1) is 0 Å². The second-order valence-electron chi connectivity index (χ2n) is 5.76. The van der Waals surface area contributed by atoms with E-state index in [9.17, 15) is 9.59 Å². The number of fused-ring (bicyclic) bond motifs is 1. The van der Waals surface area contributed by atoms with Crippen LogP contribution in [-0.4, -0.2) is 56.3 Å². The first kappa shape index (κ1) is 16.1. The van der Waals surface area contributed by atoms with Crippen LogP contribution in [0.5, 0.6) is 0 Å². The summed E-state index contributed by atoms with van der Waals surface area (Å²) in [6, 6.07) is 0.317. The highest BCUT2D eigenvalue weighted by Gasteiger charge is 2.23. The SMILES string of the molecule is CN[C@H]1CCCN(C(=O)Cn2cnc3c(c(Br)nn3C)c2=O)C1. The summed E-state index contributed by atoms with van der Waals surface area (Å²) in [6.07, 6.45) is 3.45. The Morgan fingerprint density at radius 3 is 3.04 bits per heavy atom. The highest BCUT2D eigenvalue weighted by atomic mass is 79.9. The van der Waals surface area contributed by atoms with Gasteiger partial charge >= 0.3 is 0 Å². The van der Waals surface area contributed by atoms with Crippen LogP contribution in [0.4, 0.5) is 0 Å². The molecule has 3 rings (SSSR count). The fourth-order valence-corrected chi connectivity index (χ4v) is 3.52. The molecule has 0 aromatic carbocycles. The van der Waals surface area contributed by atoms with E-state index < -0.39 is 0 Å². The number of carbonyl (C=O) groups excluding carboxylic acids is 1. The summed E-state index contributed by atoms with van der Waals surface area (Å²) in [5.41, 5.74) is 0.240. The zero-order valence-electron chi connectivity index (χ0n) is 13.1. The second kappa shape index (κ2) is 6.40. The van der Waals surface area contributed by atoms with Crippen LogP contribution in [0.2, 0.25) is 0 Å². The zero-order chi connectivity index (χ0) is 16.6. The van der Waals surface area contributed by atoms with E-state index in [4.69, 9.17) is 0 Å². The van der Waals surface area contributed by atoms with Gasteiger partial charge in [-0.2, -0.15) is 5.10 Å². The molecule has 8 nitrogen and oxygen atoms in total. The Kier molecular flexibility index (Phi) is 4.49. The summed E-state index contributed by atoms with van der Waals surface area (Å²) in [5, 5.41) is 7.74. The lowest BCUT2D eigenvalue weighted by Gasteiger charge is -2.32. The van der Waals surface area contributed by atoms with E-state index >= 15 is 0 Å². The molecule has 0 radical (unpaired) electrons. The number of hydrogen-bond acceptors (Lipinski definition) is 5. The molecule has 1 amide bonds. The molecule has 1 aliphatic rings. The zero-order valence-corrected chi connectivity index (χ0v) is 14.7. The topological polar surface area (TPSA) is 85.1 Å². The number of likely N-dealkylation sites (tertiary alicyclic amines) is 1. The van der Waals surface area contributed by atoms with Crippen LogP contribution in [0.25, 0.3) is 11.0 Å². The van der Waals surface area contributed by atoms with Gasteiger partial charge in [-0.05, 0) is 35.8 Å². The summed E-state index contributed by atoms with van der Waals surface area (Å²) in [7, 11) is 3.63. The molecule has 0 unspecified atom stereocenters. The lowest BCUT2D eigenvalue weighted by Crippen LogP contribution is -2.48. The fourth-order valence-electron chi connectivity index (χ4n) is 2.93. The van der Waals surface area contributed by atoms with Gasteiger partial charge in [0, 0.05) is 26.2 Å². The van der Waals surface area contributed by atoms with Crippen molar-refractivity contribution in [3.63, 3.8) is 0 Å². The third-order valence-electron chi connectivity index (χ3n) is 4.26. The number of aryl methyl sites for hydroxylation is 1. The molecule has 2 aromatic heterocycles. The molecule has 0 aliphatic carbocycles. The molecule has 1 aliphatic heterocycles. The normalized spacial score (nSPS) is 18.6. The quantitative estimate of drug-likeness (QED) is 0.813. The molecule has 1 N–H and O–H groups in total. The van der Waals surface area contributed by atoms with Crippen LogP contribution >= 0.6 is 15.9 Å². The minimum Gasteiger partial charge on any atom is -0.340 e. The number of piperidine rings is 1. The van der Waals surface area contributed by atoms with Gasteiger partial charge in [-0.25, -0.2) is 9.67 Å². The van der Waals surface area contributed by atoms with Crippen LogP contribution in [0, 0.1) is 0 Å². The van der Waals surface area contributed by atoms with Gasteiger partial charge < -0.3 is 10.2 Å². The number of nitrogens with zero attached hydrogens (tertiary/aromatic N) is 5. The van der Waals surface area contributed by atoms with E-state index in [1.165, 1.54) is 15.6 Å². The Bertz CT molecular complexity index is 798. The highest BCUT2D eigenvalue weighted by molar-refractivity contribution is 9.10. The molecule has 1 atom stereocenters. The van der Waals surface area contributed by atoms with E-state index in [1.54, 1.807) is 11.9 Å². The number of carbonyl (C=O) groups is 1. The standard InChI is InChI=1S/C14H19BrN6O2/c1-16-9-4-3-5-20(6-9)10(22)7-21-8-17-13-11(14(21)23)12(15)18-19(13)2/h8-9,16H,3-7H2,1-2H3/t9-/m0/s1. The third kappa shape index (κ3) is 3.02. The molecule has 9 heteroatoms. The Hall–Kier alpha value is -1.74. The van der Waals surface area contributed by atoms with Gasteiger partial charge in [0.1, 0.15) is 22.9 Å². The van der Waals surface area contributed by atoms with Crippen molar-refractivity contribution in [3.05, 3.63) is 21.3 Å². The average molecular weight is 383 g/mol. The Balaban J connectivity index is 1.84. The van der Waals surface area contributed by atoms with E-state index in [1.807, 2.05) is 7.05 Å². The van der Waals surface area contributed by atoms with Gasteiger partial charge in [0.25, 0.3) is 5.56 Å². The monoisotopic (exact) mass is 382 g/mol. The van der Waals surface area contributed by atoms with Crippen LogP contribution in [-0.2, 0) is 18.4 Å². The number of halogens is 1. The summed E-state index contributed by atoms with van der Waals surface area (Å²) >= 11 is 3.27. The fraction of sp³-hybridized carbons (Fsp3) is 0.571. The Morgan fingerprint density at radius 1 is 1.52 bits per heavy atom. The highest BCUT2D eigenvalue weighted by Crippen LogP contribution is 2.17. The molecule has 3 heterocycles. The van der Waals surface area contributed by atoms with E-state index in [0.717, 1.165) is 19.4 Å². The summed E-state index contributed by atoms with van der Waals surface area (Å²) < 4.78 is 3.33. The van der Waals surface area contributed by atoms with Crippen molar-refractivity contribution in [2.75, 3.05) is 20.1 Å². The lowest BCUT2D eigenvalue weighted by molar-refractivity contribution is -0.133. The molecule has 0 bridgehead atoms. The maximum atomic E-state index is 12.6. The number of likely N-dealkylation sites (N-methyl/N-ethyl adjacent to an activating group) is 1. The molecule has 0 spiro atoms. The lowest BCUT2D eigenvalue weighted by atomic mass is 10.1. The first-order valence-corrected chi connectivity index (χ1v) is 8.33. The third-order valence-corrected chi connectivity index (χ3v) is 4.81. The first-order chi connectivity index (χ1) is 11.0. The van der Waals surface area contributed by atoms with Gasteiger partial charge in [-0.15, -0.1) is 0 Å². The molecular weight excluding hydrogens is 364 g/mol. The van der Waals surface area contributed by atoms with Gasteiger partial charge in [-0.3, -0.25) is 14.2 Å². The number of nitrogens with one attached hydrogen (secondary N) is 1. The van der Waals surface area contributed by atoms with Gasteiger partial charge in [-0.1, -0.05) is 0 Å². The van der Waals surface area contributed by atoms with Crippen LogP contribution in [0.1, 0.15) is 12.8 Å². The maximum absolute atomic E-state index is 12.6. The van der Waals surface area contributed by atoms with Crippen molar-refractivity contribution in [1.29, 1.82) is 0 Å². The minimum atomic E-state index is -0.259. The molecule has 0 saturated carbocycles. The largest absolute Gasteiger partial charge is 0.340 e. The van der Waals surface area contributed by atoms with Crippen molar-refractivity contribution in [2.24, 2.45) is 7.05 Å². The number of rotatable bonds is 3. The second-order valence-corrected chi connectivity index (χ2v) is 6.51. The van der Waals surface area contributed by atoms with Crippen LogP contribution in [0.15, 0.2) is 15.7 Å². The molecule has 1 fully saturated rings. The van der Waals surface area contributed by atoms with E-state index in [0.29, 0.717) is 28.2 Å². The molecule has 1 saturated heterocycles. The van der Waals surface area contributed by atoms with Crippen molar-refractivity contribution in [3.8, 4) is 0 Å². The van der Waals surface area contributed by atoms with Crippen molar-refractivity contribution in [2.45, 2.75) is 25.4 Å². The van der Waals surface area contributed by atoms with E-state index in [-0.39, 0.29) is 18.0 Å². The average Bonchev–Trinajstić information content (AvgIpc) is 2.84. The van der Waals surface area contributed by atoms with E-state index in [2.05, 4.69) is 31.3 Å². The summed E-state index contributed by atoms with van der Waals surface area (Å²) in [5.74, 6) is -0.0618. The molecule has 2 aromatic rings. The van der Waals surface area contributed by atoms with Crippen LogP contribution in [0.3, 0.4) is 0 Å². The molecular formula is C14H19BrN6O2. The van der Waals surface area contributed by atoms with Crippen molar-refractivity contribution in [1.82, 2.24) is 29.5 Å². The predicted octanol–water partition coefficient (Wildman–Crippen LogP) is 0.103. The number of amides is 1. The minimum absolute atomic E-state index is 0.000454. The Labute approximate surface area is 141 Å². The molecule has 124 valence electrons. The Morgan fingerprint density at radius 2 is 2.30 bits per heavy atom. The number of aromatic nitrogens is 4. The van der Waals surface area contributed by atoms with Crippen molar-refractivity contribution < 1.29 is 4.79 Å². The van der Waals surface area contributed by atoms with Gasteiger partial charge in [0.2, 0.25) is 5.91 Å². The maximum Gasteiger partial charge on any atom is 0.266 e. The van der Waals surface area contributed by atoms with Crippen molar-refractivity contribution >= 4 is 32.9 Å². The summed E-state index contributed by atoms with van der Waals surface area (Å²) in [6.45, 7) is 1.41. The molecule has 23 heavy (non-hydrogen) atoms. The van der Waals surface area contributed by atoms with Gasteiger partial charge in [0.15, 0.2) is 5.65 Å².